The van der Waals surface area contributed by atoms with Gasteiger partial charge in [0.2, 0.25) is 0 Å². The summed E-state index contributed by atoms with van der Waals surface area (Å²) in [5, 5.41) is 0. The largest absolute Gasteiger partial charge is 0.495 e. The van der Waals surface area contributed by atoms with Crippen LogP contribution in [0.1, 0.15) is 86.8 Å². The van der Waals surface area contributed by atoms with E-state index in [-0.39, 0.29) is 0 Å². The molecule has 31 heavy (non-hydrogen) atoms. The van der Waals surface area contributed by atoms with Crippen LogP contribution >= 0.6 is 0 Å². The second kappa shape index (κ2) is 15.7. The van der Waals surface area contributed by atoms with Gasteiger partial charge in [0.25, 0.3) is 0 Å². The van der Waals surface area contributed by atoms with Crippen molar-refractivity contribution < 1.29 is 4.74 Å². The number of methoxy groups -OCH3 is 1. The number of hydrogen-bond acceptors (Lipinski definition) is 1. The lowest BCUT2D eigenvalue weighted by molar-refractivity contribution is 0.412. The maximum absolute atomic E-state index is 5.79. The summed E-state index contributed by atoms with van der Waals surface area (Å²) in [6.45, 7) is 21.2. The number of para-hydroxylation sites is 1. The van der Waals surface area contributed by atoms with Crippen LogP contribution in [0.25, 0.3) is 11.1 Å². The van der Waals surface area contributed by atoms with E-state index in [9.17, 15) is 0 Å². The van der Waals surface area contributed by atoms with Gasteiger partial charge in [-0.2, -0.15) is 0 Å². The van der Waals surface area contributed by atoms with Crippen molar-refractivity contribution in [3.05, 3.63) is 65.8 Å². The van der Waals surface area contributed by atoms with E-state index in [1.54, 1.807) is 7.11 Å². The molecular formula is C30H48O. The van der Waals surface area contributed by atoms with Crippen molar-refractivity contribution in [1.29, 1.82) is 0 Å². The zero-order chi connectivity index (χ0) is 24.0. The van der Waals surface area contributed by atoms with Gasteiger partial charge in [0, 0.05) is 11.1 Å². The predicted octanol–water partition coefficient (Wildman–Crippen LogP) is 9.61. The van der Waals surface area contributed by atoms with E-state index in [0.717, 1.165) is 29.1 Å². The molecular weight excluding hydrogens is 376 g/mol. The number of allylic oxidation sites excluding steroid dienone is 8. The maximum Gasteiger partial charge on any atom is 0.134 e. The van der Waals surface area contributed by atoms with Crippen molar-refractivity contribution in [1.82, 2.24) is 0 Å². The summed E-state index contributed by atoms with van der Waals surface area (Å²) < 4.78 is 5.79. The van der Waals surface area contributed by atoms with Crippen LogP contribution in [-0.2, 0) is 0 Å². The van der Waals surface area contributed by atoms with Gasteiger partial charge >= 0.3 is 0 Å². The number of rotatable bonds is 4. The van der Waals surface area contributed by atoms with E-state index in [1.165, 1.54) is 23.1 Å². The summed E-state index contributed by atoms with van der Waals surface area (Å²) in [5.74, 6) is 4.06. The van der Waals surface area contributed by atoms with Crippen LogP contribution < -0.4 is 4.74 Å². The van der Waals surface area contributed by atoms with Crippen molar-refractivity contribution in [2.24, 2.45) is 23.7 Å². The minimum atomic E-state index is 0.713. The lowest BCUT2D eigenvalue weighted by Gasteiger charge is -2.16. The van der Waals surface area contributed by atoms with Crippen LogP contribution in [0.3, 0.4) is 0 Å². The lowest BCUT2D eigenvalue weighted by Crippen LogP contribution is -1.97. The van der Waals surface area contributed by atoms with Gasteiger partial charge in [-0.25, -0.2) is 0 Å². The fourth-order valence-electron chi connectivity index (χ4n) is 3.48. The first-order chi connectivity index (χ1) is 14.9. The maximum atomic E-state index is 5.79. The zero-order valence-corrected chi connectivity index (χ0v) is 22.1. The molecule has 1 nitrogen and oxygen atoms in total. The van der Waals surface area contributed by atoms with Gasteiger partial charge in [-0.05, 0) is 48.7 Å². The Morgan fingerprint density at radius 3 is 2.10 bits per heavy atom. The van der Waals surface area contributed by atoms with Gasteiger partial charge in [-0.3, -0.25) is 0 Å². The Balaban J connectivity index is 0.000000865. The molecule has 2 aliphatic carbocycles. The predicted molar refractivity (Wildman–Crippen MR) is 143 cm³/mol. The van der Waals surface area contributed by atoms with Crippen LogP contribution in [0, 0.1) is 23.7 Å². The molecule has 3 rings (SSSR count). The summed E-state index contributed by atoms with van der Waals surface area (Å²) in [5.41, 5.74) is 4.83. The molecule has 0 heterocycles. The van der Waals surface area contributed by atoms with Crippen molar-refractivity contribution in [2.45, 2.75) is 75.7 Å². The number of benzene rings is 1. The zero-order valence-electron chi connectivity index (χ0n) is 22.1. The molecule has 1 heteroatoms. The van der Waals surface area contributed by atoms with Crippen molar-refractivity contribution in [3.8, 4) is 5.75 Å². The molecule has 3 atom stereocenters. The summed E-state index contributed by atoms with van der Waals surface area (Å²) in [6, 6.07) is 6.42. The summed E-state index contributed by atoms with van der Waals surface area (Å²) in [7, 11) is 1.76. The van der Waals surface area contributed by atoms with Crippen LogP contribution in [0.4, 0.5) is 0 Å². The second-order valence-corrected chi connectivity index (χ2v) is 8.56. The minimum Gasteiger partial charge on any atom is -0.495 e. The number of fused-ring (bicyclic) bond motifs is 1. The average molecular weight is 425 g/mol. The quantitative estimate of drug-likeness (QED) is 0.437. The van der Waals surface area contributed by atoms with E-state index in [4.69, 9.17) is 4.74 Å². The van der Waals surface area contributed by atoms with E-state index in [1.807, 2.05) is 20.8 Å². The molecule has 0 N–H and O–H groups in total. The first kappa shape index (κ1) is 29.0. The van der Waals surface area contributed by atoms with E-state index < -0.39 is 0 Å². The topological polar surface area (TPSA) is 9.23 Å². The summed E-state index contributed by atoms with van der Waals surface area (Å²) in [4.78, 5) is 0. The molecule has 3 unspecified atom stereocenters. The van der Waals surface area contributed by atoms with Gasteiger partial charge in [0.15, 0.2) is 0 Å². The average Bonchev–Trinajstić information content (AvgIpc) is 3.42. The fourth-order valence-corrected chi connectivity index (χ4v) is 3.48. The monoisotopic (exact) mass is 424 g/mol. The molecule has 2 aliphatic rings. The van der Waals surface area contributed by atoms with Crippen LogP contribution in [0.5, 0.6) is 5.75 Å². The standard InChI is InChI=1S/C21H24O.C4H10.C3H8.C2H6/c1-5-8-15(6-2)18-9-7-10-19(21(18)22-4)16-11-12-17-14(3)20(17)13-16;1-4(2)3;1-3-2;1-2/h5-14,17,20H,1-4H3;4H,1-3H3;3H2,1-2H3;1-2H3/b8-5-,15-6+;;;. The Bertz CT molecular complexity index is 743. The molecule has 1 fully saturated rings. The van der Waals surface area contributed by atoms with Crippen LogP contribution in [0.2, 0.25) is 0 Å². The highest BCUT2D eigenvalue weighted by atomic mass is 16.5. The highest BCUT2D eigenvalue weighted by Crippen LogP contribution is 2.52. The molecule has 174 valence electrons. The Morgan fingerprint density at radius 1 is 1.06 bits per heavy atom. The van der Waals surface area contributed by atoms with Gasteiger partial charge in [0.05, 0.1) is 7.11 Å². The number of hydrogen-bond donors (Lipinski definition) is 0. The van der Waals surface area contributed by atoms with Crippen molar-refractivity contribution in [2.75, 3.05) is 7.11 Å². The molecule has 0 amide bonds. The smallest absolute Gasteiger partial charge is 0.134 e. The third kappa shape index (κ3) is 8.93. The molecule has 0 saturated heterocycles. The van der Waals surface area contributed by atoms with E-state index in [0.29, 0.717) is 5.92 Å². The highest BCUT2D eigenvalue weighted by molar-refractivity contribution is 5.86. The molecule has 1 aromatic rings. The first-order valence-corrected chi connectivity index (χ1v) is 12.2. The second-order valence-electron chi connectivity index (χ2n) is 8.56. The van der Waals surface area contributed by atoms with Gasteiger partial charge < -0.3 is 4.74 Å². The van der Waals surface area contributed by atoms with Gasteiger partial charge in [0.1, 0.15) is 5.75 Å². The Kier molecular flexibility index (Phi) is 14.7. The Morgan fingerprint density at radius 2 is 1.65 bits per heavy atom. The van der Waals surface area contributed by atoms with E-state index in [2.05, 4.69) is 103 Å². The minimum absolute atomic E-state index is 0.713. The van der Waals surface area contributed by atoms with Crippen molar-refractivity contribution in [3.63, 3.8) is 0 Å². The van der Waals surface area contributed by atoms with Crippen LogP contribution in [0.15, 0.2) is 54.7 Å². The third-order valence-electron chi connectivity index (χ3n) is 4.89. The molecule has 0 bridgehead atoms. The third-order valence-corrected chi connectivity index (χ3v) is 4.89. The molecule has 0 spiro atoms. The molecule has 1 aromatic carbocycles. The molecule has 0 radical (unpaired) electrons. The Hall–Kier alpha value is -2.02. The van der Waals surface area contributed by atoms with Gasteiger partial charge in [-0.1, -0.05) is 116 Å². The number of ether oxygens (including phenoxy) is 1. The first-order valence-electron chi connectivity index (χ1n) is 12.2. The summed E-state index contributed by atoms with van der Waals surface area (Å²) in [6.07, 6.45) is 14.6. The van der Waals surface area contributed by atoms with Crippen LogP contribution in [-0.4, -0.2) is 7.11 Å². The summed E-state index contributed by atoms with van der Waals surface area (Å²) >= 11 is 0. The van der Waals surface area contributed by atoms with Crippen molar-refractivity contribution >= 4 is 11.1 Å². The molecule has 0 aliphatic heterocycles. The highest BCUT2D eigenvalue weighted by Gasteiger charge is 2.44. The Labute approximate surface area is 194 Å². The fraction of sp³-hybridized carbons (Fsp3) is 0.533. The normalized spacial score (nSPS) is 21.0. The SMILES string of the molecule is C/C=C\C(=C/C)c1cccc(C2=CC3C(C)C3C=C2)c1OC.CC.CC(C)C.CCC. The van der Waals surface area contributed by atoms with Gasteiger partial charge in [-0.15, -0.1) is 0 Å². The molecule has 1 saturated carbocycles. The lowest BCUT2D eigenvalue weighted by atomic mass is 9.94. The molecule has 0 aromatic heterocycles. The van der Waals surface area contributed by atoms with E-state index >= 15 is 0 Å².